The molecule has 0 spiro atoms. The molecule has 3 aromatic carbocycles. The summed E-state index contributed by atoms with van der Waals surface area (Å²) in [6.07, 6.45) is 0.107. The summed E-state index contributed by atoms with van der Waals surface area (Å²) < 4.78 is 17.3. The summed E-state index contributed by atoms with van der Waals surface area (Å²) in [6.45, 7) is 1.15. The van der Waals surface area contributed by atoms with Gasteiger partial charge in [0, 0.05) is 25.1 Å². The average molecular weight is 482 g/mol. The SMILES string of the molecule is O=C(CC(=O)N1CCC(=C(c2ccccc2)c2ccccc2)CC1)C1Oc2ccc3c(c2)CC(O3)O1. The Hall–Kier alpha value is -3.90. The smallest absolute Gasteiger partial charge is 0.263 e. The van der Waals surface area contributed by atoms with Crippen LogP contribution in [0.25, 0.3) is 5.57 Å². The Morgan fingerprint density at radius 1 is 0.833 bits per heavy atom. The number of hydrogen-bond donors (Lipinski definition) is 0. The number of rotatable bonds is 5. The number of fused-ring (bicyclic) bond motifs is 2. The molecule has 36 heavy (non-hydrogen) atoms. The van der Waals surface area contributed by atoms with E-state index >= 15 is 0 Å². The maximum absolute atomic E-state index is 13.0. The van der Waals surface area contributed by atoms with E-state index in [1.54, 1.807) is 11.0 Å². The number of ketones is 1. The lowest BCUT2D eigenvalue weighted by Crippen LogP contribution is -2.42. The van der Waals surface area contributed by atoms with Crippen LogP contribution in [0.2, 0.25) is 0 Å². The summed E-state index contributed by atoms with van der Waals surface area (Å²) in [7, 11) is 0. The van der Waals surface area contributed by atoms with Crippen molar-refractivity contribution in [3.8, 4) is 11.5 Å². The second-order valence-electron chi connectivity index (χ2n) is 9.34. The lowest BCUT2D eigenvalue weighted by Gasteiger charge is -2.31. The van der Waals surface area contributed by atoms with Gasteiger partial charge < -0.3 is 14.4 Å². The normalized spacial score (nSPS) is 20.2. The first-order valence-electron chi connectivity index (χ1n) is 12.4. The Bertz CT molecular complexity index is 1270. The van der Waals surface area contributed by atoms with Crippen LogP contribution in [-0.4, -0.2) is 42.3 Å². The van der Waals surface area contributed by atoms with E-state index in [9.17, 15) is 9.59 Å². The zero-order valence-corrected chi connectivity index (χ0v) is 19.9. The first-order valence-corrected chi connectivity index (χ1v) is 12.4. The highest BCUT2D eigenvalue weighted by Crippen LogP contribution is 2.36. The van der Waals surface area contributed by atoms with Gasteiger partial charge in [-0.25, -0.2) is 0 Å². The van der Waals surface area contributed by atoms with E-state index in [1.165, 1.54) is 22.3 Å². The second kappa shape index (κ2) is 9.63. The number of hydrogen-bond acceptors (Lipinski definition) is 5. The van der Waals surface area contributed by atoms with E-state index in [1.807, 2.05) is 24.3 Å². The van der Waals surface area contributed by atoms with Crippen molar-refractivity contribution in [3.05, 3.63) is 101 Å². The van der Waals surface area contributed by atoms with E-state index in [2.05, 4.69) is 48.5 Å². The summed E-state index contributed by atoms with van der Waals surface area (Å²) >= 11 is 0. The quantitative estimate of drug-likeness (QED) is 0.492. The van der Waals surface area contributed by atoms with E-state index in [4.69, 9.17) is 14.2 Å². The van der Waals surface area contributed by atoms with Crippen LogP contribution in [-0.2, 0) is 20.7 Å². The Kier molecular flexibility index (Phi) is 6.03. The van der Waals surface area contributed by atoms with Crippen molar-refractivity contribution in [2.45, 2.75) is 38.3 Å². The number of amides is 1. The fourth-order valence-corrected chi connectivity index (χ4v) is 5.18. The van der Waals surface area contributed by atoms with Gasteiger partial charge in [0.2, 0.25) is 18.0 Å². The minimum Gasteiger partial charge on any atom is -0.464 e. The third-order valence-corrected chi connectivity index (χ3v) is 6.98. The molecule has 0 aliphatic carbocycles. The maximum atomic E-state index is 13.0. The fraction of sp³-hybridized carbons (Fsp3) is 0.267. The minimum absolute atomic E-state index is 0.197. The van der Waals surface area contributed by atoms with Gasteiger partial charge in [-0.1, -0.05) is 66.2 Å². The second-order valence-corrected chi connectivity index (χ2v) is 9.34. The molecule has 2 atom stereocenters. The van der Waals surface area contributed by atoms with Gasteiger partial charge in [-0.3, -0.25) is 14.3 Å². The Morgan fingerprint density at radius 3 is 2.17 bits per heavy atom. The summed E-state index contributed by atoms with van der Waals surface area (Å²) in [6, 6.07) is 26.2. The minimum atomic E-state index is -1.16. The first kappa shape index (κ1) is 22.6. The Balaban J connectivity index is 1.13. The van der Waals surface area contributed by atoms with Crippen LogP contribution in [0, 0.1) is 0 Å². The van der Waals surface area contributed by atoms with Gasteiger partial charge in [0.05, 0.1) is 6.42 Å². The number of ether oxygens (including phenoxy) is 3. The van der Waals surface area contributed by atoms with E-state index < -0.39 is 18.4 Å². The van der Waals surface area contributed by atoms with Crippen LogP contribution in [0.15, 0.2) is 84.4 Å². The Morgan fingerprint density at radius 2 is 1.50 bits per heavy atom. The van der Waals surface area contributed by atoms with Crippen molar-refractivity contribution < 1.29 is 23.8 Å². The van der Waals surface area contributed by atoms with Gasteiger partial charge >= 0.3 is 0 Å². The van der Waals surface area contributed by atoms with Crippen molar-refractivity contribution in [3.63, 3.8) is 0 Å². The van der Waals surface area contributed by atoms with Crippen LogP contribution in [0.5, 0.6) is 11.5 Å². The van der Waals surface area contributed by atoms with Gasteiger partial charge in [0.25, 0.3) is 6.29 Å². The molecule has 0 N–H and O–H groups in total. The van der Waals surface area contributed by atoms with Crippen molar-refractivity contribution in [2.75, 3.05) is 13.1 Å². The lowest BCUT2D eigenvalue weighted by molar-refractivity contribution is -0.187. The molecule has 1 saturated heterocycles. The van der Waals surface area contributed by atoms with E-state index in [0.717, 1.165) is 24.2 Å². The van der Waals surface area contributed by atoms with E-state index in [-0.39, 0.29) is 12.3 Å². The highest BCUT2D eigenvalue weighted by molar-refractivity contribution is 6.00. The molecule has 6 heteroatoms. The number of carbonyl (C=O) groups is 2. The monoisotopic (exact) mass is 481 g/mol. The largest absolute Gasteiger partial charge is 0.464 e. The number of carbonyl (C=O) groups excluding carboxylic acids is 2. The highest BCUT2D eigenvalue weighted by Gasteiger charge is 2.35. The molecule has 0 saturated carbocycles. The summed E-state index contributed by atoms with van der Waals surface area (Å²) in [5.74, 6) is 0.707. The molecule has 6 nitrogen and oxygen atoms in total. The zero-order valence-electron chi connectivity index (χ0n) is 19.9. The molecule has 3 aliphatic heterocycles. The number of benzene rings is 3. The zero-order chi connectivity index (χ0) is 24.5. The molecule has 6 rings (SSSR count). The summed E-state index contributed by atoms with van der Waals surface area (Å²) in [5.41, 5.74) is 5.92. The molecule has 0 aromatic heterocycles. The van der Waals surface area contributed by atoms with Gasteiger partial charge in [-0.15, -0.1) is 0 Å². The number of nitrogens with zero attached hydrogens (tertiary/aromatic N) is 1. The number of piperidine rings is 1. The molecule has 0 radical (unpaired) electrons. The third-order valence-electron chi connectivity index (χ3n) is 6.98. The van der Waals surface area contributed by atoms with Crippen molar-refractivity contribution >= 4 is 17.3 Å². The molecule has 182 valence electrons. The predicted octanol–water partition coefficient (Wildman–Crippen LogP) is 4.77. The highest BCUT2D eigenvalue weighted by atomic mass is 16.8. The molecule has 3 bridgehead atoms. The Labute approximate surface area is 210 Å². The van der Waals surface area contributed by atoms with Gasteiger partial charge in [0.1, 0.15) is 11.5 Å². The molecule has 1 fully saturated rings. The number of Topliss-reactive ketones (excluding diaryl/α,β-unsaturated/α-hetero) is 1. The fourth-order valence-electron chi connectivity index (χ4n) is 5.18. The summed E-state index contributed by atoms with van der Waals surface area (Å²) in [5, 5.41) is 0. The van der Waals surface area contributed by atoms with Crippen molar-refractivity contribution in [1.29, 1.82) is 0 Å². The average Bonchev–Trinajstić information content (AvgIpc) is 3.36. The topological polar surface area (TPSA) is 65.1 Å². The van der Waals surface area contributed by atoms with Crippen molar-refractivity contribution in [1.82, 2.24) is 4.90 Å². The molecule has 3 aromatic rings. The molecule has 2 unspecified atom stereocenters. The van der Waals surface area contributed by atoms with Crippen LogP contribution >= 0.6 is 0 Å². The molecule has 1 amide bonds. The molecule has 3 heterocycles. The molecular formula is C30H27NO5. The number of likely N-dealkylation sites (tertiary alicyclic amines) is 1. The predicted molar refractivity (Wildman–Crippen MR) is 134 cm³/mol. The molecular weight excluding hydrogens is 454 g/mol. The maximum Gasteiger partial charge on any atom is 0.263 e. The lowest BCUT2D eigenvalue weighted by atomic mass is 9.88. The van der Waals surface area contributed by atoms with Gasteiger partial charge in [0.15, 0.2) is 0 Å². The third kappa shape index (κ3) is 4.52. The van der Waals surface area contributed by atoms with Crippen LogP contribution < -0.4 is 9.47 Å². The van der Waals surface area contributed by atoms with Crippen LogP contribution in [0.3, 0.4) is 0 Å². The van der Waals surface area contributed by atoms with Crippen LogP contribution in [0.1, 0.15) is 36.0 Å². The van der Waals surface area contributed by atoms with Gasteiger partial charge in [-0.05, 0) is 47.7 Å². The van der Waals surface area contributed by atoms with E-state index in [0.29, 0.717) is 25.3 Å². The first-order chi connectivity index (χ1) is 17.6. The van der Waals surface area contributed by atoms with Gasteiger partial charge in [-0.2, -0.15) is 0 Å². The summed E-state index contributed by atoms with van der Waals surface area (Å²) in [4.78, 5) is 27.8. The van der Waals surface area contributed by atoms with Crippen molar-refractivity contribution in [2.24, 2.45) is 0 Å². The molecule has 3 aliphatic rings. The van der Waals surface area contributed by atoms with Crippen LogP contribution in [0.4, 0.5) is 0 Å². The standard InChI is InChI=1S/C30H27NO5/c32-25(30-34-24-11-12-26-23(17-24)18-28(35-26)36-30)19-27(33)31-15-13-22(14-16-31)29(20-7-3-1-4-8-20)21-9-5-2-6-10-21/h1-12,17,28,30H,13-16,18-19H2.